The largest absolute Gasteiger partial charge is 0.383 e. The summed E-state index contributed by atoms with van der Waals surface area (Å²) in [6.07, 6.45) is 1.78. The van der Waals surface area contributed by atoms with Crippen molar-refractivity contribution in [1.82, 2.24) is 4.72 Å². The Bertz CT molecular complexity index is 1340. The van der Waals surface area contributed by atoms with Gasteiger partial charge in [-0.15, -0.1) is 0 Å². The molecule has 6 heteroatoms. The van der Waals surface area contributed by atoms with Gasteiger partial charge in [0.1, 0.15) is 0 Å². The smallest absolute Gasteiger partial charge is 0.264 e. The lowest BCUT2D eigenvalue weighted by Gasteiger charge is -2.20. The first-order valence-corrected chi connectivity index (χ1v) is 13.2. The molecule has 35 heavy (non-hydrogen) atoms. The summed E-state index contributed by atoms with van der Waals surface area (Å²) in [6.45, 7) is 14.1. The summed E-state index contributed by atoms with van der Waals surface area (Å²) in [7, 11) is -3.93. The van der Waals surface area contributed by atoms with Crippen molar-refractivity contribution in [3.8, 4) is 11.1 Å². The van der Waals surface area contributed by atoms with Gasteiger partial charge in [-0.2, -0.15) is 0 Å². The predicted octanol–water partition coefficient (Wildman–Crippen LogP) is 6.32. The van der Waals surface area contributed by atoms with Crippen LogP contribution in [0, 0.1) is 27.7 Å². The van der Waals surface area contributed by atoms with Crippen LogP contribution in [0.15, 0.2) is 65.1 Å². The molecule has 0 saturated heterocycles. The maximum absolute atomic E-state index is 12.8. The van der Waals surface area contributed by atoms with Crippen molar-refractivity contribution in [2.75, 3.05) is 5.32 Å². The van der Waals surface area contributed by atoms with Crippen molar-refractivity contribution in [3.63, 3.8) is 0 Å². The van der Waals surface area contributed by atoms with Crippen LogP contribution in [0.4, 0.5) is 5.69 Å². The van der Waals surface area contributed by atoms with Gasteiger partial charge < -0.3 is 5.32 Å². The van der Waals surface area contributed by atoms with Gasteiger partial charge >= 0.3 is 0 Å². The SMILES string of the molecule is CC(=Cc1c(C)c(C)c(-c2ccc(NC(C)C)cc2)c(C)c1C)C(=O)NS(=O)(=O)c1ccccc1. The molecule has 0 radical (unpaired) electrons. The summed E-state index contributed by atoms with van der Waals surface area (Å²) >= 11 is 0. The fourth-order valence-electron chi connectivity index (χ4n) is 4.20. The van der Waals surface area contributed by atoms with Gasteiger partial charge in [0.25, 0.3) is 15.9 Å². The number of amides is 1. The maximum atomic E-state index is 12.8. The lowest BCUT2D eigenvalue weighted by Crippen LogP contribution is -2.31. The Balaban J connectivity index is 1.95. The molecule has 1 amide bonds. The Kier molecular flexibility index (Phi) is 7.86. The molecule has 0 unspecified atom stereocenters. The first-order chi connectivity index (χ1) is 16.4. The number of sulfonamides is 1. The summed E-state index contributed by atoms with van der Waals surface area (Å²) in [6, 6.07) is 16.7. The molecule has 0 aliphatic carbocycles. The summed E-state index contributed by atoms with van der Waals surface area (Å²) < 4.78 is 27.3. The molecule has 2 N–H and O–H groups in total. The van der Waals surface area contributed by atoms with Crippen molar-refractivity contribution in [1.29, 1.82) is 0 Å². The normalized spacial score (nSPS) is 12.1. The van der Waals surface area contributed by atoms with Crippen LogP contribution in [0.2, 0.25) is 0 Å². The number of carbonyl (C=O) groups excluding carboxylic acids is 1. The monoisotopic (exact) mass is 490 g/mol. The highest BCUT2D eigenvalue weighted by Gasteiger charge is 2.20. The van der Waals surface area contributed by atoms with Crippen LogP contribution < -0.4 is 10.0 Å². The van der Waals surface area contributed by atoms with E-state index in [4.69, 9.17) is 0 Å². The Labute approximate surface area is 209 Å². The quantitative estimate of drug-likeness (QED) is 0.380. The Morgan fingerprint density at radius 3 is 1.89 bits per heavy atom. The maximum Gasteiger partial charge on any atom is 0.264 e. The highest BCUT2D eigenvalue weighted by Crippen LogP contribution is 2.35. The zero-order valence-electron chi connectivity index (χ0n) is 21.5. The molecule has 3 rings (SSSR count). The number of hydrogen-bond acceptors (Lipinski definition) is 4. The van der Waals surface area contributed by atoms with Gasteiger partial charge in [0.2, 0.25) is 0 Å². The third kappa shape index (κ3) is 5.82. The molecule has 3 aromatic carbocycles. The van der Waals surface area contributed by atoms with Crippen LogP contribution in [0.3, 0.4) is 0 Å². The topological polar surface area (TPSA) is 75.3 Å². The number of nitrogens with one attached hydrogen (secondary N) is 2. The molecule has 5 nitrogen and oxygen atoms in total. The molecule has 184 valence electrons. The van der Waals surface area contributed by atoms with Crippen LogP contribution in [0.25, 0.3) is 17.2 Å². The first kappa shape index (κ1) is 26.2. The average molecular weight is 491 g/mol. The van der Waals surface area contributed by atoms with E-state index in [1.165, 1.54) is 17.7 Å². The summed E-state index contributed by atoms with van der Waals surface area (Å²) in [5.41, 5.74) is 9.05. The van der Waals surface area contributed by atoms with E-state index in [0.717, 1.165) is 39.1 Å². The molecule has 0 aliphatic rings. The van der Waals surface area contributed by atoms with Crippen LogP contribution in [0.1, 0.15) is 48.6 Å². The van der Waals surface area contributed by atoms with E-state index in [-0.39, 0.29) is 4.90 Å². The lowest BCUT2D eigenvalue weighted by atomic mass is 9.85. The minimum absolute atomic E-state index is 0.0548. The number of hydrogen-bond donors (Lipinski definition) is 2. The van der Waals surface area contributed by atoms with Crippen molar-refractivity contribution < 1.29 is 13.2 Å². The molecular weight excluding hydrogens is 456 g/mol. The molecule has 0 spiro atoms. The molecule has 0 aromatic heterocycles. The second-order valence-corrected chi connectivity index (χ2v) is 10.9. The number of rotatable bonds is 7. The summed E-state index contributed by atoms with van der Waals surface area (Å²) in [5, 5.41) is 3.41. The fourth-order valence-corrected chi connectivity index (χ4v) is 5.24. The first-order valence-electron chi connectivity index (χ1n) is 11.7. The summed E-state index contributed by atoms with van der Waals surface area (Å²) in [4.78, 5) is 12.8. The molecule has 3 aromatic rings. The van der Waals surface area contributed by atoms with Crippen LogP contribution in [0.5, 0.6) is 0 Å². The predicted molar refractivity (Wildman–Crippen MR) is 145 cm³/mol. The van der Waals surface area contributed by atoms with Gasteiger partial charge in [-0.05, 0) is 118 Å². The third-order valence-electron chi connectivity index (χ3n) is 6.31. The van der Waals surface area contributed by atoms with Crippen LogP contribution in [-0.2, 0) is 14.8 Å². The molecule has 0 aliphatic heterocycles. The van der Waals surface area contributed by atoms with Crippen LogP contribution >= 0.6 is 0 Å². The summed E-state index contributed by atoms with van der Waals surface area (Å²) in [5.74, 6) is -0.639. The molecule has 0 saturated carbocycles. The standard InChI is InChI=1S/C29H34N2O3S/c1-18(2)30-25-15-13-24(14-16-25)28-22(6)20(4)27(21(5)23(28)7)17-19(3)29(32)31-35(33,34)26-11-9-8-10-12-26/h8-18,30H,1-7H3,(H,31,32). The Hall–Kier alpha value is -3.38. The third-order valence-corrected chi connectivity index (χ3v) is 7.66. The highest BCUT2D eigenvalue weighted by atomic mass is 32.2. The van der Waals surface area contributed by atoms with Crippen molar-refractivity contribution in [2.45, 2.75) is 59.4 Å². The second kappa shape index (κ2) is 10.5. The van der Waals surface area contributed by atoms with Gasteiger partial charge in [-0.1, -0.05) is 30.3 Å². The molecule has 0 atom stereocenters. The number of anilines is 1. The Morgan fingerprint density at radius 2 is 1.37 bits per heavy atom. The van der Waals surface area contributed by atoms with E-state index in [2.05, 4.69) is 62.0 Å². The fraction of sp³-hybridized carbons (Fsp3) is 0.276. The van der Waals surface area contributed by atoms with Gasteiger partial charge in [0, 0.05) is 17.3 Å². The van der Waals surface area contributed by atoms with E-state index in [9.17, 15) is 13.2 Å². The van der Waals surface area contributed by atoms with E-state index in [1.807, 2.05) is 13.8 Å². The zero-order chi connectivity index (χ0) is 25.9. The minimum atomic E-state index is -3.93. The molecule has 0 heterocycles. The Morgan fingerprint density at radius 1 is 0.829 bits per heavy atom. The average Bonchev–Trinajstić information content (AvgIpc) is 2.81. The van der Waals surface area contributed by atoms with E-state index in [0.29, 0.717) is 11.6 Å². The van der Waals surface area contributed by atoms with Gasteiger partial charge in [-0.3, -0.25) is 4.79 Å². The number of carbonyl (C=O) groups is 1. The van der Waals surface area contributed by atoms with E-state index in [1.54, 1.807) is 31.2 Å². The van der Waals surface area contributed by atoms with Crippen molar-refractivity contribution in [3.05, 3.63) is 88.0 Å². The second-order valence-electron chi connectivity index (χ2n) is 9.24. The van der Waals surface area contributed by atoms with Crippen LogP contribution in [-0.4, -0.2) is 20.4 Å². The highest BCUT2D eigenvalue weighted by molar-refractivity contribution is 7.90. The van der Waals surface area contributed by atoms with Gasteiger partial charge in [-0.25, -0.2) is 13.1 Å². The molecule has 0 fully saturated rings. The molecule has 0 bridgehead atoms. The van der Waals surface area contributed by atoms with Gasteiger partial charge in [0.15, 0.2) is 0 Å². The molecular formula is C29H34N2O3S. The van der Waals surface area contributed by atoms with Crippen molar-refractivity contribution >= 4 is 27.7 Å². The zero-order valence-corrected chi connectivity index (χ0v) is 22.3. The van der Waals surface area contributed by atoms with Gasteiger partial charge in [0.05, 0.1) is 4.90 Å². The van der Waals surface area contributed by atoms with E-state index >= 15 is 0 Å². The lowest BCUT2D eigenvalue weighted by molar-refractivity contribution is -0.115. The minimum Gasteiger partial charge on any atom is -0.383 e. The number of benzene rings is 3. The van der Waals surface area contributed by atoms with E-state index < -0.39 is 15.9 Å². The van der Waals surface area contributed by atoms with Crippen molar-refractivity contribution in [2.24, 2.45) is 0 Å².